The van der Waals surface area contributed by atoms with Crippen LogP contribution in [0.2, 0.25) is 0 Å². The number of aromatic nitrogens is 1. The van der Waals surface area contributed by atoms with Crippen molar-refractivity contribution in [3.8, 4) is 0 Å². The molecule has 1 saturated carbocycles. The number of fused-ring (bicyclic) bond motifs is 2. The van der Waals surface area contributed by atoms with E-state index >= 15 is 0 Å². The van der Waals surface area contributed by atoms with Crippen LogP contribution in [0.25, 0.3) is 0 Å². The van der Waals surface area contributed by atoms with Crippen LogP contribution in [0.4, 0.5) is 0 Å². The highest BCUT2D eigenvalue weighted by molar-refractivity contribution is 5.78. The number of hydrogen-bond donors (Lipinski definition) is 1. The van der Waals surface area contributed by atoms with Crippen LogP contribution in [0.1, 0.15) is 37.8 Å². The zero-order valence-corrected chi connectivity index (χ0v) is 15.1. The normalized spacial score (nSPS) is 27.7. The van der Waals surface area contributed by atoms with Crippen molar-refractivity contribution < 1.29 is 4.79 Å². The molecule has 2 saturated heterocycles. The van der Waals surface area contributed by atoms with E-state index < -0.39 is 0 Å². The molecule has 2 atom stereocenters. The molecule has 5 heteroatoms. The summed E-state index contributed by atoms with van der Waals surface area (Å²) in [4.78, 5) is 21.9. The van der Waals surface area contributed by atoms with Crippen molar-refractivity contribution in [2.45, 2.75) is 44.7 Å². The van der Waals surface area contributed by atoms with Crippen LogP contribution in [0.3, 0.4) is 0 Å². The number of pyridine rings is 1. The molecule has 0 aromatic carbocycles. The number of carbonyl (C=O) groups is 1. The first-order valence-corrected chi connectivity index (χ1v) is 9.92. The van der Waals surface area contributed by atoms with Gasteiger partial charge in [0.1, 0.15) is 0 Å². The number of nitrogens with zero attached hydrogens (tertiary/aromatic N) is 3. The molecule has 2 bridgehead atoms. The van der Waals surface area contributed by atoms with Gasteiger partial charge in [0.15, 0.2) is 0 Å². The van der Waals surface area contributed by atoms with Gasteiger partial charge in [0.05, 0.1) is 12.2 Å². The number of rotatable bonds is 6. The molecular formula is C20H30N4O. The van der Waals surface area contributed by atoms with Crippen molar-refractivity contribution >= 4 is 5.91 Å². The summed E-state index contributed by atoms with van der Waals surface area (Å²) < 4.78 is 0. The molecule has 1 aromatic heterocycles. The third kappa shape index (κ3) is 4.21. The molecule has 0 spiro atoms. The highest BCUT2D eigenvalue weighted by atomic mass is 16.1. The molecule has 5 nitrogen and oxygen atoms in total. The van der Waals surface area contributed by atoms with E-state index in [1.807, 2.05) is 18.2 Å². The van der Waals surface area contributed by atoms with Crippen molar-refractivity contribution in [3.63, 3.8) is 0 Å². The third-order valence-electron chi connectivity index (χ3n) is 6.35. The lowest BCUT2D eigenvalue weighted by atomic mass is 9.96. The fraction of sp³-hybridized carbons (Fsp3) is 0.700. The van der Waals surface area contributed by atoms with E-state index in [4.69, 9.17) is 0 Å². The number of hydrogen-bond acceptors (Lipinski definition) is 4. The SMILES string of the molecule is O=C(NCc1ccccn1)C1CCN(CCN2C[C@H]3CC[C@@H]2C3)CC1. The number of piperidine rings is 2. The Morgan fingerprint density at radius 2 is 2.04 bits per heavy atom. The lowest BCUT2D eigenvalue weighted by Crippen LogP contribution is -2.44. The maximum Gasteiger partial charge on any atom is 0.223 e. The lowest BCUT2D eigenvalue weighted by molar-refractivity contribution is -0.126. The Bertz CT molecular complexity index is 570. The van der Waals surface area contributed by atoms with E-state index in [9.17, 15) is 4.79 Å². The Hall–Kier alpha value is -1.46. The van der Waals surface area contributed by atoms with Crippen LogP contribution in [-0.2, 0) is 11.3 Å². The smallest absolute Gasteiger partial charge is 0.223 e. The van der Waals surface area contributed by atoms with E-state index in [0.29, 0.717) is 6.54 Å². The number of likely N-dealkylation sites (tertiary alicyclic amines) is 2. The number of nitrogens with one attached hydrogen (secondary N) is 1. The molecule has 0 unspecified atom stereocenters. The second-order valence-corrected chi connectivity index (χ2v) is 7.98. The van der Waals surface area contributed by atoms with Crippen LogP contribution in [0.15, 0.2) is 24.4 Å². The second-order valence-electron chi connectivity index (χ2n) is 7.98. The molecule has 3 fully saturated rings. The van der Waals surface area contributed by atoms with Gasteiger partial charge >= 0.3 is 0 Å². The molecule has 3 aliphatic rings. The molecule has 0 radical (unpaired) electrons. The topological polar surface area (TPSA) is 48.5 Å². The first-order valence-electron chi connectivity index (χ1n) is 9.92. The minimum absolute atomic E-state index is 0.169. The van der Waals surface area contributed by atoms with Crippen LogP contribution >= 0.6 is 0 Å². The van der Waals surface area contributed by atoms with E-state index in [-0.39, 0.29) is 11.8 Å². The van der Waals surface area contributed by atoms with Gasteiger partial charge in [-0.3, -0.25) is 14.7 Å². The van der Waals surface area contributed by atoms with E-state index in [2.05, 4.69) is 20.1 Å². The molecule has 136 valence electrons. The van der Waals surface area contributed by atoms with Gasteiger partial charge in [-0.2, -0.15) is 0 Å². The molecule has 1 amide bonds. The molecule has 1 N–H and O–H groups in total. The van der Waals surface area contributed by atoms with Crippen molar-refractivity contribution in [2.24, 2.45) is 11.8 Å². The summed E-state index contributed by atoms with van der Waals surface area (Å²) >= 11 is 0. The maximum atomic E-state index is 12.4. The highest BCUT2D eigenvalue weighted by Crippen LogP contribution is 2.37. The summed E-state index contributed by atoms with van der Waals surface area (Å²) in [6.07, 6.45) is 8.06. The molecule has 25 heavy (non-hydrogen) atoms. The first-order chi connectivity index (χ1) is 12.3. The van der Waals surface area contributed by atoms with Crippen LogP contribution in [0.5, 0.6) is 0 Å². The first kappa shape index (κ1) is 17.0. The summed E-state index contributed by atoms with van der Waals surface area (Å²) in [6, 6.07) is 6.68. The van der Waals surface area contributed by atoms with Crippen molar-refractivity contribution in [3.05, 3.63) is 30.1 Å². The van der Waals surface area contributed by atoms with E-state index in [1.165, 1.54) is 38.9 Å². The highest BCUT2D eigenvalue weighted by Gasteiger charge is 2.37. The number of carbonyl (C=O) groups excluding carboxylic acids is 1. The monoisotopic (exact) mass is 342 g/mol. The Kier molecular flexibility index (Phi) is 5.32. The summed E-state index contributed by atoms with van der Waals surface area (Å²) in [5.41, 5.74) is 0.924. The minimum atomic E-state index is 0.169. The van der Waals surface area contributed by atoms with Crippen LogP contribution in [-0.4, -0.2) is 59.5 Å². The van der Waals surface area contributed by atoms with Crippen molar-refractivity contribution in [1.29, 1.82) is 0 Å². The van der Waals surface area contributed by atoms with E-state index in [1.54, 1.807) is 6.20 Å². The Morgan fingerprint density at radius 1 is 1.16 bits per heavy atom. The third-order valence-corrected chi connectivity index (χ3v) is 6.35. The van der Waals surface area contributed by atoms with Gasteiger partial charge in [-0.05, 0) is 63.2 Å². The maximum absolute atomic E-state index is 12.4. The quantitative estimate of drug-likeness (QED) is 0.858. The van der Waals surface area contributed by atoms with Gasteiger partial charge in [-0.15, -0.1) is 0 Å². The Balaban J connectivity index is 1.15. The van der Waals surface area contributed by atoms with E-state index in [0.717, 1.165) is 43.6 Å². The molecule has 1 aromatic rings. The summed E-state index contributed by atoms with van der Waals surface area (Å²) in [7, 11) is 0. The zero-order chi connectivity index (χ0) is 17.1. The average Bonchev–Trinajstić information content (AvgIpc) is 3.29. The lowest BCUT2D eigenvalue weighted by Gasteiger charge is -2.34. The molecular weight excluding hydrogens is 312 g/mol. The van der Waals surface area contributed by atoms with Crippen molar-refractivity contribution in [1.82, 2.24) is 20.1 Å². The predicted molar refractivity (Wildman–Crippen MR) is 97.9 cm³/mol. The molecule has 2 aliphatic heterocycles. The summed E-state index contributed by atoms with van der Waals surface area (Å²) in [5, 5.41) is 3.05. The Morgan fingerprint density at radius 3 is 2.72 bits per heavy atom. The summed E-state index contributed by atoms with van der Waals surface area (Å²) in [5.74, 6) is 1.35. The van der Waals surface area contributed by atoms with Gasteiger partial charge in [0.2, 0.25) is 5.91 Å². The Labute approximate surface area is 150 Å². The van der Waals surface area contributed by atoms with Gasteiger partial charge in [0.25, 0.3) is 0 Å². The average molecular weight is 342 g/mol. The van der Waals surface area contributed by atoms with Gasteiger partial charge in [-0.1, -0.05) is 6.07 Å². The number of amides is 1. The van der Waals surface area contributed by atoms with Crippen molar-refractivity contribution in [2.75, 3.05) is 32.7 Å². The van der Waals surface area contributed by atoms with Gasteiger partial charge in [0, 0.05) is 37.8 Å². The standard InChI is InChI=1S/C20H30N4O/c25-20(22-14-18-3-1-2-8-21-18)17-6-9-23(10-7-17)11-12-24-15-16-4-5-19(24)13-16/h1-3,8,16-17,19H,4-7,9-15H2,(H,22,25)/t16-,19+/m0/s1. The van der Waals surface area contributed by atoms with Crippen LogP contribution < -0.4 is 5.32 Å². The fourth-order valence-electron chi connectivity index (χ4n) is 4.81. The zero-order valence-electron chi connectivity index (χ0n) is 15.1. The second kappa shape index (κ2) is 7.83. The minimum Gasteiger partial charge on any atom is -0.350 e. The molecule has 4 rings (SSSR count). The van der Waals surface area contributed by atoms with Gasteiger partial charge in [-0.25, -0.2) is 0 Å². The summed E-state index contributed by atoms with van der Waals surface area (Å²) in [6.45, 7) is 6.38. The predicted octanol–water partition coefficient (Wildman–Crippen LogP) is 1.89. The largest absolute Gasteiger partial charge is 0.350 e. The molecule has 3 heterocycles. The van der Waals surface area contributed by atoms with Gasteiger partial charge < -0.3 is 10.2 Å². The molecule has 1 aliphatic carbocycles. The fourth-order valence-corrected chi connectivity index (χ4v) is 4.81. The van der Waals surface area contributed by atoms with Crippen LogP contribution in [0, 0.1) is 11.8 Å².